The van der Waals surface area contributed by atoms with E-state index in [0.717, 1.165) is 64.2 Å². The third kappa shape index (κ3) is 4.80. The molecular formula is C21H32N4O2. The molecule has 1 N–H and O–H groups in total. The molecule has 27 heavy (non-hydrogen) atoms. The van der Waals surface area contributed by atoms with Crippen molar-refractivity contribution >= 4 is 11.9 Å². The molecule has 6 heteroatoms. The lowest BCUT2D eigenvalue weighted by Crippen LogP contribution is -2.48. The summed E-state index contributed by atoms with van der Waals surface area (Å²) in [5.41, 5.74) is 1.94. The van der Waals surface area contributed by atoms with Gasteiger partial charge in [0.2, 0.25) is 0 Å². The average molecular weight is 373 g/mol. The fourth-order valence-corrected chi connectivity index (χ4v) is 4.07. The van der Waals surface area contributed by atoms with Crippen LogP contribution in [0.1, 0.15) is 48.5 Å². The minimum absolute atomic E-state index is 0.0169. The van der Waals surface area contributed by atoms with Gasteiger partial charge in [0, 0.05) is 57.3 Å². The fourth-order valence-electron chi connectivity index (χ4n) is 4.07. The molecule has 0 spiro atoms. The smallest absolute Gasteiger partial charge is 0.317 e. The van der Waals surface area contributed by atoms with Crippen LogP contribution < -0.4 is 5.32 Å². The maximum Gasteiger partial charge on any atom is 0.317 e. The molecule has 1 unspecified atom stereocenters. The molecule has 2 aliphatic rings. The zero-order valence-electron chi connectivity index (χ0n) is 16.6. The summed E-state index contributed by atoms with van der Waals surface area (Å²) in [5, 5.41) is 2.89. The number of piperazine rings is 1. The molecule has 1 aromatic carbocycles. The van der Waals surface area contributed by atoms with Crippen molar-refractivity contribution in [3.8, 4) is 0 Å². The highest BCUT2D eigenvalue weighted by Gasteiger charge is 2.26. The summed E-state index contributed by atoms with van der Waals surface area (Å²) in [6.45, 7) is 10.8. The number of likely N-dealkylation sites (N-methyl/N-ethyl adjacent to an activating group) is 1. The van der Waals surface area contributed by atoms with Crippen molar-refractivity contribution < 1.29 is 9.59 Å². The Kier molecular flexibility index (Phi) is 6.72. The summed E-state index contributed by atoms with van der Waals surface area (Å²) in [5.74, 6) is 0.426. The van der Waals surface area contributed by atoms with Crippen LogP contribution in [0.2, 0.25) is 0 Å². The van der Waals surface area contributed by atoms with Gasteiger partial charge in [-0.25, -0.2) is 4.79 Å². The van der Waals surface area contributed by atoms with Crippen molar-refractivity contribution in [3.63, 3.8) is 0 Å². The first-order chi connectivity index (χ1) is 13.1. The van der Waals surface area contributed by atoms with Crippen molar-refractivity contribution in [3.05, 3.63) is 35.4 Å². The van der Waals surface area contributed by atoms with Gasteiger partial charge in [0.15, 0.2) is 0 Å². The van der Waals surface area contributed by atoms with Crippen molar-refractivity contribution in [1.29, 1.82) is 0 Å². The molecule has 2 saturated heterocycles. The van der Waals surface area contributed by atoms with Crippen molar-refractivity contribution in [2.75, 3.05) is 52.4 Å². The molecule has 2 fully saturated rings. The molecule has 2 aliphatic heterocycles. The Labute approximate surface area is 162 Å². The highest BCUT2D eigenvalue weighted by Crippen LogP contribution is 2.28. The van der Waals surface area contributed by atoms with Gasteiger partial charge in [-0.1, -0.05) is 19.1 Å². The van der Waals surface area contributed by atoms with E-state index in [1.165, 1.54) is 5.56 Å². The van der Waals surface area contributed by atoms with Crippen LogP contribution in [0.15, 0.2) is 24.3 Å². The number of carbonyl (C=O) groups excluding carboxylic acids is 2. The lowest BCUT2D eigenvalue weighted by Gasteiger charge is -2.34. The molecule has 148 valence electrons. The van der Waals surface area contributed by atoms with E-state index in [-0.39, 0.29) is 11.9 Å². The molecule has 6 nitrogen and oxygen atoms in total. The number of amides is 3. The van der Waals surface area contributed by atoms with E-state index in [0.29, 0.717) is 12.5 Å². The van der Waals surface area contributed by atoms with Crippen LogP contribution >= 0.6 is 0 Å². The van der Waals surface area contributed by atoms with E-state index in [1.807, 2.05) is 34.9 Å². The van der Waals surface area contributed by atoms with Crippen LogP contribution in [0, 0.1) is 0 Å². The van der Waals surface area contributed by atoms with Crippen LogP contribution in [-0.4, -0.2) is 79.0 Å². The van der Waals surface area contributed by atoms with Gasteiger partial charge in [-0.05, 0) is 44.0 Å². The van der Waals surface area contributed by atoms with Crippen LogP contribution in [0.4, 0.5) is 4.79 Å². The molecule has 0 aromatic heterocycles. The van der Waals surface area contributed by atoms with E-state index in [2.05, 4.69) is 23.2 Å². The standard InChI is InChI=1S/C21H32N4O2/c1-3-22-21(27)25-10-6-9-19(16-25)17-7-5-8-18(15-17)20(26)24-13-11-23(4-2)12-14-24/h5,7-8,15,19H,3-4,6,9-14,16H2,1-2H3,(H,22,27). The van der Waals surface area contributed by atoms with E-state index in [4.69, 9.17) is 0 Å². The van der Waals surface area contributed by atoms with Crippen LogP contribution in [-0.2, 0) is 0 Å². The first-order valence-corrected chi connectivity index (χ1v) is 10.3. The number of nitrogens with one attached hydrogen (secondary N) is 1. The zero-order chi connectivity index (χ0) is 19.2. The predicted octanol–water partition coefficient (Wildman–Crippen LogP) is 2.37. The Hall–Kier alpha value is -2.08. The molecule has 1 atom stereocenters. The summed E-state index contributed by atoms with van der Waals surface area (Å²) in [6.07, 6.45) is 2.06. The first kappa shape index (κ1) is 19.7. The second-order valence-corrected chi connectivity index (χ2v) is 7.47. The number of rotatable bonds is 4. The van der Waals surface area contributed by atoms with Gasteiger partial charge in [-0.15, -0.1) is 0 Å². The van der Waals surface area contributed by atoms with Crippen LogP contribution in [0.5, 0.6) is 0 Å². The second kappa shape index (κ2) is 9.22. The highest BCUT2D eigenvalue weighted by atomic mass is 16.2. The number of likely N-dealkylation sites (tertiary alicyclic amines) is 1. The Bertz CT molecular complexity index is 655. The van der Waals surface area contributed by atoms with E-state index >= 15 is 0 Å². The number of carbonyl (C=O) groups is 2. The number of urea groups is 1. The molecule has 3 amide bonds. The van der Waals surface area contributed by atoms with E-state index < -0.39 is 0 Å². The van der Waals surface area contributed by atoms with Crippen LogP contribution in [0.25, 0.3) is 0 Å². The largest absolute Gasteiger partial charge is 0.338 e. The molecule has 0 bridgehead atoms. The van der Waals surface area contributed by atoms with Crippen molar-refractivity contribution in [2.24, 2.45) is 0 Å². The lowest BCUT2D eigenvalue weighted by atomic mass is 9.89. The van der Waals surface area contributed by atoms with Crippen molar-refractivity contribution in [2.45, 2.75) is 32.6 Å². The van der Waals surface area contributed by atoms with Gasteiger partial charge >= 0.3 is 6.03 Å². The molecule has 3 rings (SSSR count). The zero-order valence-corrected chi connectivity index (χ0v) is 16.6. The number of piperidine rings is 1. The Balaban J connectivity index is 1.66. The summed E-state index contributed by atoms with van der Waals surface area (Å²) in [6, 6.07) is 8.06. The molecular weight excluding hydrogens is 340 g/mol. The van der Waals surface area contributed by atoms with E-state index in [9.17, 15) is 9.59 Å². The number of hydrogen-bond donors (Lipinski definition) is 1. The van der Waals surface area contributed by atoms with Gasteiger partial charge in [0.1, 0.15) is 0 Å². The summed E-state index contributed by atoms with van der Waals surface area (Å²) in [4.78, 5) is 31.3. The third-order valence-electron chi connectivity index (χ3n) is 5.75. The summed E-state index contributed by atoms with van der Waals surface area (Å²) >= 11 is 0. The summed E-state index contributed by atoms with van der Waals surface area (Å²) < 4.78 is 0. The number of hydrogen-bond acceptors (Lipinski definition) is 3. The SMILES string of the molecule is CCNC(=O)N1CCCC(c2cccc(C(=O)N3CCN(CC)CC3)c2)C1. The quantitative estimate of drug-likeness (QED) is 0.883. The van der Waals surface area contributed by atoms with Gasteiger partial charge in [-0.2, -0.15) is 0 Å². The first-order valence-electron chi connectivity index (χ1n) is 10.3. The molecule has 0 aliphatic carbocycles. The number of benzene rings is 1. The Morgan fingerprint density at radius 3 is 2.56 bits per heavy atom. The molecule has 2 heterocycles. The van der Waals surface area contributed by atoms with Gasteiger partial charge < -0.3 is 20.0 Å². The lowest BCUT2D eigenvalue weighted by molar-refractivity contribution is 0.0643. The fraction of sp³-hybridized carbons (Fsp3) is 0.619. The highest BCUT2D eigenvalue weighted by molar-refractivity contribution is 5.94. The topological polar surface area (TPSA) is 55.9 Å². The Morgan fingerprint density at radius 1 is 1.07 bits per heavy atom. The third-order valence-corrected chi connectivity index (χ3v) is 5.75. The van der Waals surface area contributed by atoms with Crippen molar-refractivity contribution in [1.82, 2.24) is 20.0 Å². The maximum absolute atomic E-state index is 12.9. The predicted molar refractivity (Wildman–Crippen MR) is 107 cm³/mol. The van der Waals surface area contributed by atoms with E-state index in [1.54, 1.807) is 0 Å². The monoisotopic (exact) mass is 372 g/mol. The molecule has 0 radical (unpaired) electrons. The normalized spacial score (nSPS) is 21.2. The minimum atomic E-state index is 0.0169. The minimum Gasteiger partial charge on any atom is -0.338 e. The van der Waals surface area contributed by atoms with Gasteiger partial charge in [0.25, 0.3) is 5.91 Å². The number of nitrogens with zero attached hydrogens (tertiary/aromatic N) is 3. The summed E-state index contributed by atoms with van der Waals surface area (Å²) in [7, 11) is 0. The van der Waals surface area contributed by atoms with Gasteiger partial charge in [-0.3, -0.25) is 4.79 Å². The Morgan fingerprint density at radius 2 is 1.85 bits per heavy atom. The van der Waals surface area contributed by atoms with Gasteiger partial charge in [0.05, 0.1) is 0 Å². The average Bonchev–Trinajstić information content (AvgIpc) is 2.73. The second-order valence-electron chi connectivity index (χ2n) is 7.47. The van der Waals surface area contributed by atoms with Crippen LogP contribution in [0.3, 0.4) is 0 Å². The molecule has 0 saturated carbocycles. The maximum atomic E-state index is 12.9. The molecule has 1 aromatic rings.